The number of allylic oxidation sites excluding steroid dienone is 2. The number of rotatable bonds is 4. The van der Waals surface area contributed by atoms with Crippen LogP contribution in [0.4, 0.5) is 18.9 Å². The van der Waals surface area contributed by atoms with E-state index in [2.05, 4.69) is 38.8 Å². The Morgan fingerprint density at radius 3 is 2.50 bits per heavy atom. The minimum absolute atomic E-state index is 0.153. The van der Waals surface area contributed by atoms with Crippen molar-refractivity contribution in [1.82, 2.24) is 15.3 Å². The van der Waals surface area contributed by atoms with Crippen LogP contribution in [0.2, 0.25) is 0 Å². The molecule has 10 heteroatoms. The third-order valence-electron chi connectivity index (χ3n) is 5.80. The Bertz CT molecular complexity index is 1110. The molecule has 0 unspecified atom stereocenters. The van der Waals surface area contributed by atoms with Gasteiger partial charge in [-0.3, -0.25) is 9.59 Å². The van der Waals surface area contributed by atoms with E-state index in [1.165, 1.54) is 17.3 Å². The molecule has 0 bridgehead atoms. The molecule has 1 aliphatic heterocycles. The normalized spacial score (nSPS) is 16.1. The molecule has 7 nitrogen and oxygen atoms in total. The fourth-order valence-corrected chi connectivity index (χ4v) is 3.94. The summed E-state index contributed by atoms with van der Waals surface area (Å²) in [6.45, 7) is 2.60. The molecule has 4 rings (SSSR count). The third kappa shape index (κ3) is 6.54. The Hall–Kier alpha value is -3.45. The molecule has 0 saturated carbocycles. The van der Waals surface area contributed by atoms with Gasteiger partial charge in [0.1, 0.15) is 11.8 Å². The van der Waals surface area contributed by atoms with Crippen molar-refractivity contribution >= 4 is 23.0 Å². The summed E-state index contributed by atoms with van der Waals surface area (Å²) in [6, 6.07) is 8.35. The number of H-pyrrole nitrogens is 1. The number of ketones is 1. The number of aromatic nitrogens is 2. The first-order valence-electron chi connectivity index (χ1n) is 11.1. The van der Waals surface area contributed by atoms with Gasteiger partial charge >= 0.3 is 6.18 Å². The smallest absolute Gasteiger partial charge is 0.326 e. The van der Waals surface area contributed by atoms with Gasteiger partial charge in [-0.1, -0.05) is 12.1 Å². The molecule has 0 spiro atoms. The quantitative estimate of drug-likeness (QED) is 0.596. The first-order valence-corrected chi connectivity index (χ1v) is 11.1. The number of amides is 1. The van der Waals surface area contributed by atoms with Crippen LogP contribution in [0.25, 0.3) is 5.57 Å². The molecule has 34 heavy (non-hydrogen) atoms. The van der Waals surface area contributed by atoms with E-state index < -0.39 is 12.0 Å². The first kappa shape index (κ1) is 25.2. The predicted molar refractivity (Wildman–Crippen MR) is 121 cm³/mol. The zero-order valence-electron chi connectivity index (χ0n) is 18.8. The highest BCUT2D eigenvalue weighted by Gasteiger charge is 2.33. The molecule has 180 valence electrons. The van der Waals surface area contributed by atoms with Crippen molar-refractivity contribution < 1.29 is 22.8 Å². The second-order valence-electron chi connectivity index (χ2n) is 8.22. The second kappa shape index (κ2) is 11.1. The van der Waals surface area contributed by atoms with Crippen molar-refractivity contribution in [3.8, 4) is 6.07 Å². The molecule has 0 atom stereocenters. The fourth-order valence-electron chi connectivity index (χ4n) is 3.94. The molecule has 2 aliphatic rings. The number of alkyl halides is 3. The fraction of sp³-hybridized carbons (Fsp3) is 0.417. The van der Waals surface area contributed by atoms with E-state index in [4.69, 9.17) is 5.26 Å². The number of nitrogens with zero attached hydrogens (tertiary/aromatic N) is 2. The van der Waals surface area contributed by atoms with E-state index in [1.807, 2.05) is 12.1 Å². The Morgan fingerprint density at radius 1 is 1.24 bits per heavy atom. The molecule has 2 heterocycles. The lowest BCUT2D eigenvalue weighted by atomic mass is 9.87. The van der Waals surface area contributed by atoms with E-state index in [0.29, 0.717) is 12.8 Å². The Balaban J connectivity index is 0.000000406. The highest BCUT2D eigenvalue weighted by atomic mass is 19.4. The predicted octanol–water partition coefficient (Wildman–Crippen LogP) is 4.71. The zero-order valence-corrected chi connectivity index (χ0v) is 18.8. The second-order valence-corrected chi connectivity index (χ2v) is 8.22. The standard InChI is InChI=1S/C21H23N5O.C3H3F3O/c22-12-17-13-24-20(25-17)21(27)26-19-6-5-16(14-7-9-23-10-8-14)11-18(19)15-3-1-2-4-15;1-2(7)3(4,5)6/h3,5-6,11,13-14,23H,1-2,4,7-10H2,(H,24,25)(H,26,27);1H3. The van der Waals surface area contributed by atoms with Crippen molar-refractivity contribution in [3.05, 3.63) is 53.1 Å². The summed E-state index contributed by atoms with van der Waals surface area (Å²) in [4.78, 5) is 28.6. The van der Waals surface area contributed by atoms with Crippen LogP contribution in [0.5, 0.6) is 0 Å². The number of halogens is 3. The van der Waals surface area contributed by atoms with Gasteiger partial charge in [0.05, 0.1) is 6.20 Å². The largest absolute Gasteiger partial charge is 0.449 e. The molecule has 1 saturated heterocycles. The summed E-state index contributed by atoms with van der Waals surface area (Å²) in [5, 5.41) is 15.3. The summed E-state index contributed by atoms with van der Waals surface area (Å²) in [5.41, 5.74) is 4.85. The number of carbonyl (C=O) groups is 2. The summed E-state index contributed by atoms with van der Waals surface area (Å²) >= 11 is 0. The number of nitriles is 1. The first-order chi connectivity index (χ1) is 16.2. The van der Waals surface area contributed by atoms with Crippen molar-refractivity contribution in [1.29, 1.82) is 5.26 Å². The van der Waals surface area contributed by atoms with Crippen molar-refractivity contribution in [3.63, 3.8) is 0 Å². The molecule has 1 aliphatic carbocycles. The van der Waals surface area contributed by atoms with Gasteiger partial charge in [-0.05, 0) is 74.4 Å². The maximum Gasteiger partial charge on any atom is 0.449 e. The number of benzene rings is 1. The number of imidazole rings is 1. The molecular weight excluding hydrogens is 447 g/mol. The van der Waals surface area contributed by atoms with E-state index >= 15 is 0 Å². The average Bonchev–Trinajstić information content (AvgIpc) is 3.52. The maximum atomic E-state index is 12.6. The number of piperidine rings is 1. The SMILES string of the molecule is CC(=O)C(F)(F)F.N#Cc1cnc(C(=O)Nc2ccc(C3CCNCC3)cc2C2=CCCC2)[nH]1. The van der Waals surface area contributed by atoms with E-state index in [-0.39, 0.29) is 17.4 Å². The van der Waals surface area contributed by atoms with Gasteiger partial charge in [-0.15, -0.1) is 0 Å². The van der Waals surface area contributed by atoms with Crippen LogP contribution in [-0.2, 0) is 4.79 Å². The lowest BCUT2D eigenvalue weighted by Crippen LogP contribution is -2.26. The minimum atomic E-state index is -4.64. The molecule has 1 aromatic heterocycles. The Labute approximate surface area is 195 Å². The molecule has 1 fully saturated rings. The Kier molecular flexibility index (Phi) is 8.23. The number of hydrogen-bond acceptors (Lipinski definition) is 5. The third-order valence-corrected chi connectivity index (χ3v) is 5.80. The van der Waals surface area contributed by atoms with Gasteiger partial charge in [0.25, 0.3) is 5.91 Å². The average molecular weight is 473 g/mol. The number of anilines is 1. The van der Waals surface area contributed by atoms with Crippen LogP contribution < -0.4 is 10.6 Å². The highest BCUT2D eigenvalue weighted by molar-refractivity contribution is 6.03. The maximum absolute atomic E-state index is 12.6. The lowest BCUT2D eigenvalue weighted by molar-refractivity contribution is -0.168. The number of carbonyl (C=O) groups excluding carboxylic acids is 2. The monoisotopic (exact) mass is 473 g/mol. The zero-order chi connectivity index (χ0) is 24.7. The van der Waals surface area contributed by atoms with Gasteiger partial charge in [-0.25, -0.2) is 4.98 Å². The number of nitrogens with one attached hydrogen (secondary N) is 3. The van der Waals surface area contributed by atoms with Crippen LogP contribution in [0.1, 0.15) is 72.4 Å². The van der Waals surface area contributed by atoms with Gasteiger partial charge < -0.3 is 15.6 Å². The summed E-state index contributed by atoms with van der Waals surface area (Å²) in [7, 11) is 0. The Morgan fingerprint density at radius 2 is 1.94 bits per heavy atom. The molecule has 0 radical (unpaired) electrons. The molecule has 1 aromatic carbocycles. The van der Waals surface area contributed by atoms with Crippen LogP contribution in [0, 0.1) is 11.3 Å². The number of Topliss-reactive ketones (excluding diaryl/α,β-unsaturated/α-hetero) is 1. The van der Waals surface area contributed by atoms with Crippen molar-refractivity contribution in [2.45, 2.75) is 51.1 Å². The van der Waals surface area contributed by atoms with E-state index in [0.717, 1.165) is 56.4 Å². The van der Waals surface area contributed by atoms with Crippen molar-refractivity contribution in [2.24, 2.45) is 0 Å². The number of aromatic amines is 1. The molecule has 2 aromatic rings. The minimum Gasteiger partial charge on any atom is -0.326 e. The van der Waals surface area contributed by atoms with E-state index in [1.54, 1.807) is 0 Å². The van der Waals surface area contributed by atoms with Gasteiger partial charge in [0.15, 0.2) is 5.82 Å². The molecule has 3 N–H and O–H groups in total. The number of hydrogen-bond donors (Lipinski definition) is 3. The van der Waals surface area contributed by atoms with Crippen LogP contribution in [0.3, 0.4) is 0 Å². The highest BCUT2D eigenvalue weighted by Crippen LogP contribution is 2.36. The van der Waals surface area contributed by atoms with Crippen LogP contribution in [-0.4, -0.2) is 40.9 Å². The van der Waals surface area contributed by atoms with Gasteiger partial charge in [-0.2, -0.15) is 18.4 Å². The summed E-state index contributed by atoms with van der Waals surface area (Å²) < 4.78 is 32.5. The van der Waals surface area contributed by atoms with Crippen molar-refractivity contribution in [2.75, 3.05) is 18.4 Å². The van der Waals surface area contributed by atoms with Crippen LogP contribution >= 0.6 is 0 Å². The molecular formula is C24H26F3N5O2. The van der Waals surface area contributed by atoms with Gasteiger partial charge in [0.2, 0.25) is 5.78 Å². The lowest BCUT2D eigenvalue weighted by Gasteiger charge is -2.24. The summed E-state index contributed by atoms with van der Waals surface area (Å²) in [5.74, 6) is -1.36. The van der Waals surface area contributed by atoms with Gasteiger partial charge in [0, 0.05) is 18.2 Å². The van der Waals surface area contributed by atoms with Crippen LogP contribution in [0.15, 0.2) is 30.5 Å². The molecule has 1 amide bonds. The topological polar surface area (TPSA) is 111 Å². The van der Waals surface area contributed by atoms with E-state index in [9.17, 15) is 22.8 Å². The summed E-state index contributed by atoms with van der Waals surface area (Å²) in [6.07, 6.45) is 4.58.